The number of rotatable bonds is 11. The van der Waals surface area contributed by atoms with Gasteiger partial charge in [0.1, 0.15) is 29.4 Å². The van der Waals surface area contributed by atoms with E-state index >= 15 is 0 Å². The first-order chi connectivity index (χ1) is 18.1. The minimum absolute atomic E-state index is 0.0343. The molecule has 0 spiro atoms. The van der Waals surface area contributed by atoms with Crippen LogP contribution in [-0.2, 0) is 38.2 Å². The van der Waals surface area contributed by atoms with Crippen LogP contribution in [-0.4, -0.2) is 58.0 Å². The molecule has 3 rings (SSSR count). The number of ketones is 4. The van der Waals surface area contributed by atoms with Crippen LogP contribution in [0.3, 0.4) is 0 Å². The number of allylic oxidation sites excluding steroid dienone is 2. The fourth-order valence-electron chi connectivity index (χ4n) is 5.08. The summed E-state index contributed by atoms with van der Waals surface area (Å²) in [6.45, 7) is 13.5. The Morgan fingerprint density at radius 2 is 1.85 bits per heavy atom. The Hall–Kier alpha value is -3.72. The van der Waals surface area contributed by atoms with Gasteiger partial charge in [-0.05, 0) is 58.3 Å². The van der Waals surface area contributed by atoms with E-state index in [0.717, 1.165) is 0 Å². The summed E-state index contributed by atoms with van der Waals surface area (Å²) < 4.78 is 11.1. The monoisotopic (exact) mass is 538 g/mol. The van der Waals surface area contributed by atoms with Gasteiger partial charge in [-0.25, -0.2) is 9.59 Å². The zero-order chi connectivity index (χ0) is 29.2. The highest BCUT2D eigenvalue weighted by molar-refractivity contribution is 6.09. The van der Waals surface area contributed by atoms with Gasteiger partial charge in [0.05, 0.1) is 6.42 Å². The molecule has 1 heterocycles. The van der Waals surface area contributed by atoms with E-state index in [0.29, 0.717) is 12.0 Å². The van der Waals surface area contributed by atoms with Crippen molar-refractivity contribution in [3.63, 3.8) is 0 Å². The molecular formula is C30H34O9. The first-order valence-corrected chi connectivity index (χ1v) is 12.8. The van der Waals surface area contributed by atoms with Crippen molar-refractivity contribution in [2.75, 3.05) is 0 Å². The second-order valence-corrected chi connectivity index (χ2v) is 10.6. The van der Waals surface area contributed by atoms with E-state index in [-0.39, 0.29) is 65.3 Å². The number of carbonyl (C=O) groups is 6. The first kappa shape index (κ1) is 29.8. The highest BCUT2D eigenvalue weighted by Crippen LogP contribution is 2.40. The van der Waals surface area contributed by atoms with Gasteiger partial charge in [-0.2, -0.15) is 0 Å². The molecule has 0 aromatic rings. The molecule has 1 aliphatic heterocycles. The highest BCUT2D eigenvalue weighted by atomic mass is 16.6. The molecule has 1 N–H and O–H groups in total. The molecule has 0 radical (unpaired) electrons. The van der Waals surface area contributed by atoms with Gasteiger partial charge in [0.2, 0.25) is 0 Å². The molecule has 9 heteroatoms. The minimum atomic E-state index is -1.52. The molecule has 9 nitrogen and oxygen atoms in total. The Kier molecular flexibility index (Phi) is 8.85. The third-order valence-electron chi connectivity index (χ3n) is 7.48. The fourth-order valence-corrected chi connectivity index (χ4v) is 5.08. The molecule has 0 amide bonds. The Morgan fingerprint density at radius 3 is 2.41 bits per heavy atom. The van der Waals surface area contributed by atoms with E-state index in [1.165, 1.54) is 39.0 Å². The summed E-state index contributed by atoms with van der Waals surface area (Å²) in [6, 6.07) is 0. The molecular weight excluding hydrogens is 504 g/mol. The second-order valence-electron chi connectivity index (χ2n) is 10.6. The SMILES string of the molecule is C=C(C(=O)OC1CC(=O)C([C@H]2OC(=O)C(=C)C2CCC(C)=O)=C1C)C(/C=C1\C(=O)C=CC1(C)O)CCC(C)=O. The summed E-state index contributed by atoms with van der Waals surface area (Å²) in [4.78, 5) is 73.9. The molecule has 0 saturated carbocycles. The standard InChI is InChI=1S/C30H34O9/c1-15(31)7-9-20(13-22-23(33)11-12-30(22,6)37)17(3)28(35)38-25-14-24(34)26(19(25)5)27-21(10-8-16(2)32)18(4)29(36)39-27/h11-13,20-21,25,27,37H,3-4,7-10,14H2,1-2,5-6H3/b22-13+/t20?,21?,25?,27-,30?/m0/s1. The van der Waals surface area contributed by atoms with E-state index in [1.807, 2.05) is 0 Å². The fraction of sp³-hybridized carbons (Fsp3) is 0.467. The third-order valence-corrected chi connectivity index (χ3v) is 7.48. The third kappa shape index (κ3) is 6.47. The largest absolute Gasteiger partial charge is 0.454 e. The van der Waals surface area contributed by atoms with E-state index in [1.54, 1.807) is 6.92 Å². The van der Waals surface area contributed by atoms with Crippen molar-refractivity contribution in [2.45, 2.75) is 77.6 Å². The summed E-state index contributed by atoms with van der Waals surface area (Å²) >= 11 is 0. The lowest BCUT2D eigenvalue weighted by Crippen LogP contribution is -2.26. The van der Waals surface area contributed by atoms with Gasteiger partial charge >= 0.3 is 11.9 Å². The Morgan fingerprint density at radius 1 is 1.21 bits per heavy atom. The van der Waals surface area contributed by atoms with Gasteiger partial charge in [-0.15, -0.1) is 0 Å². The lowest BCUT2D eigenvalue weighted by Gasteiger charge is -2.22. The van der Waals surface area contributed by atoms with Crippen LogP contribution in [0.2, 0.25) is 0 Å². The maximum Gasteiger partial charge on any atom is 0.334 e. The van der Waals surface area contributed by atoms with Crippen LogP contribution in [0.25, 0.3) is 0 Å². The lowest BCUT2D eigenvalue weighted by atomic mass is 9.86. The number of cyclic esters (lactones) is 1. The molecule has 0 aromatic carbocycles. The van der Waals surface area contributed by atoms with Gasteiger partial charge in [0.15, 0.2) is 11.6 Å². The van der Waals surface area contributed by atoms with Crippen LogP contribution in [0.4, 0.5) is 0 Å². The van der Waals surface area contributed by atoms with Crippen LogP contribution >= 0.6 is 0 Å². The van der Waals surface area contributed by atoms with E-state index in [9.17, 15) is 33.9 Å². The number of hydrogen-bond donors (Lipinski definition) is 1. The summed E-state index contributed by atoms with van der Waals surface area (Å²) in [5.74, 6) is -3.73. The summed E-state index contributed by atoms with van der Waals surface area (Å²) in [5.41, 5.74) is -0.640. The van der Waals surface area contributed by atoms with Crippen molar-refractivity contribution >= 4 is 35.1 Å². The minimum Gasteiger partial charge on any atom is -0.454 e. The number of aliphatic hydroxyl groups is 1. The molecule has 39 heavy (non-hydrogen) atoms. The lowest BCUT2D eigenvalue weighted by molar-refractivity contribution is -0.143. The van der Waals surface area contributed by atoms with Crippen molar-refractivity contribution in [1.82, 2.24) is 0 Å². The van der Waals surface area contributed by atoms with Gasteiger partial charge in [-0.1, -0.05) is 19.2 Å². The molecule has 0 aromatic heterocycles. The van der Waals surface area contributed by atoms with Crippen molar-refractivity contribution in [2.24, 2.45) is 11.8 Å². The normalized spacial score (nSPS) is 28.3. The van der Waals surface area contributed by atoms with Crippen molar-refractivity contribution < 1.29 is 43.3 Å². The van der Waals surface area contributed by atoms with E-state index in [4.69, 9.17) is 9.47 Å². The Labute approximate surface area is 227 Å². The van der Waals surface area contributed by atoms with Gasteiger partial charge in [0.25, 0.3) is 0 Å². The van der Waals surface area contributed by atoms with E-state index in [2.05, 4.69) is 13.2 Å². The zero-order valence-electron chi connectivity index (χ0n) is 22.7. The molecule has 2 aliphatic carbocycles. The van der Waals surface area contributed by atoms with Gasteiger partial charge in [0, 0.05) is 47.0 Å². The van der Waals surface area contributed by atoms with Crippen LogP contribution in [0.15, 0.2) is 59.3 Å². The molecule has 0 bridgehead atoms. The summed E-state index contributed by atoms with van der Waals surface area (Å²) in [6.07, 6.45) is 2.77. The average Bonchev–Trinajstić information content (AvgIpc) is 3.38. The second kappa shape index (κ2) is 11.6. The molecule has 1 fully saturated rings. The van der Waals surface area contributed by atoms with Crippen LogP contribution in [0.1, 0.15) is 59.8 Å². The zero-order valence-corrected chi connectivity index (χ0v) is 22.7. The van der Waals surface area contributed by atoms with Crippen LogP contribution < -0.4 is 0 Å². The van der Waals surface area contributed by atoms with Crippen molar-refractivity contribution in [3.8, 4) is 0 Å². The maximum atomic E-state index is 13.2. The number of carbonyl (C=O) groups excluding carboxylic acids is 6. The number of Topliss-reactive ketones (excluding diaryl/α,β-unsaturated/α-hetero) is 3. The predicted octanol–water partition coefficient (Wildman–Crippen LogP) is 3.01. The average molecular weight is 539 g/mol. The van der Waals surface area contributed by atoms with Crippen molar-refractivity contribution in [3.05, 3.63) is 59.3 Å². The van der Waals surface area contributed by atoms with Gasteiger partial charge < -0.3 is 24.2 Å². The quantitative estimate of drug-likeness (QED) is 0.310. The number of hydrogen-bond acceptors (Lipinski definition) is 9. The van der Waals surface area contributed by atoms with Gasteiger partial charge in [-0.3, -0.25) is 9.59 Å². The topological polar surface area (TPSA) is 141 Å². The molecule has 1 saturated heterocycles. The number of ether oxygens (including phenoxy) is 2. The maximum absolute atomic E-state index is 13.2. The molecule has 4 unspecified atom stereocenters. The van der Waals surface area contributed by atoms with E-state index < -0.39 is 47.4 Å². The predicted molar refractivity (Wildman–Crippen MR) is 140 cm³/mol. The smallest absolute Gasteiger partial charge is 0.334 e. The molecule has 5 atom stereocenters. The Bertz CT molecular complexity index is 1260. The highest BCUT2D eigenvalue weighted by Gasteiger charge is 2.47. The van der Waals surface area contributed by atoms with Crippen molar-refractivity contribution in [1.29, 1.82) is 0 Å². The summed E-state index contributed by atoms with van der Waals surface area (Å²) in [5, 5.41) is 10.5. The molecule has 208 valence electrons. The molecule has 3 aliphatic rings. The van der Waals surface area contributed by atoms with Crippen LogP contribution in [0, 0.1) is 11.8 Å². The Balaban J connectivity index is 1.82. The van der Waals surface area contributed by atoms with Crippen LogP contribution in [0.5, 0.6) is 0 Å². The summed E-state index contributed by atoms with van der Waals surface area (Å²) in [7, 11) is 0. The first-order valence-electron chi connectivity index (χ1n) is 12.8. The number of esters is 2.